The number of nitrogens with zero attached hydrogens (tertiary/aromatic N) is 2. The first-order valence-corrected chi connectivity index (χ1v) is 19.4. The van der Waals surface area contributed by atoms with Crippen molar-refractivity contribution in [2.75, 3.05) is 4.90 Å². The molecule has 0 N–H and O–H groups in total. The molecular formula is C54H36N2O. The van der Waals surface area contributed by atoms with E-state index in [-0.39, 0.29) is 0 Å². The normalized spacial score (nSPS) is 11.5. The maximum absolute atomic E-state index is 6.35. The molecule has 0 aliphatic carbocycles. The second-order valence-corrected chi connectivity index (χ2v) is 14.5. The molecule has 2 aromatic heterocycles. The summed E-state index contributed by atoms with van der Waals surface area (Å²) in [5, 5.41) is 4.73. The van der Waals surface area contributed by atoms with Crippen molar-refractivity contribution in [2.45, 2.75) is 0 Å². The van der Waals surface area contributed by atoms with Gasteiger partial charge in [-0.25, -0.2) is 0 Å². The van der Waals surface area contributed by atoms with Gasteiger partial charge in [-0.15, -0.1) is 0 Å². The Labute approximate surface area is 330 Å². The summed E-state index contributed by atoms with van der Waals surface area (Å²) in [4.78, 5) is 2.34. The van der Waals surface area contributed by atoms with Crippen molar-refractivity contribution in [3.8, 4) is 39.1 Å². The fourth-order valence-electron chi connectivity index (χ4n) is 8.54. The number of furan rings is 1. The highest BCUT2D eigenvalue weighted by atomic mass is 16.3. The standard InChI is InChI=1S/C54H36N2O/c1-2-13-37(14-3-1)39-29-33-42(34-30-39)55(51-22-12-24-53-54(51)47-18-7-11-23-52(47)57-53)43-35-31-40(32-36-43)38-25-27-41(28-26-38)44-15-4-8-19-48(44)56-49-20-9-5-16-45(49)46-17-6-10-21-50(46)56/h1-36H. The van der Waals surface area contributed by atoms with Crippen LogP contribution in [0.5, 0.6) is 0 Å². The summed E-state index contributed by atoms with van der Waals surface area (Å²) in [5.74, 6) is 0. The topological polar surface area (TPSA) is 21.3 Å². The molecule has 9 aromatic carbocycles. The maximum atomic E-state index is 6.35. The molecule has 0 spiro atoms. The van der Waals surface area contributed by atoms with Crippen molar-refractivity contribution in [3.63, 3.8) is 0 Å². The quantitative estimate of drug-likeness (QED) is 0.163. The van der Waals surface area contributed by atoms with E-state index in [1.807, 2.05) is 12.1 Å². The molecule has 11 rings (SSSR count). The fraction of sp³-hybridized carbons (Fsp3) is 0. The zero-order chi connectivity index (χ0) is 37.7. The van der Waals surface area contributed by atoms with Gasteiger partial charge in [0.2, 0.25) is 0 Å². The van der Waals surface area contributed by atoms with E-state index in [1.165, 1.54) is 55.3 Å². The highest BCUT2D eigenvalue weighted by Gasteiger charge is 2.20. The number of benzene rings is 9. The molecule has 0 aliphatic heterocycles. The second kappa shape index (κ2) is 13.6. The number of rotatable bonds is 7. The van der Waals surface area contributed by atoms with Gasteiger partial charge in [-0.1, -0.05) is 158 Å². The van der Waals surface area contributed by atoms with Crippen LogP contribution < -0.4 is 4.90 Å². The molecule has 11 aromatic rings. The third kappa shape index (κ3) is 5.60. The Balaban J connectivity index is 0.971. The Morgan fingerprint density at radius 1 is 0.333 bits per heavy atom. The minimum Gasteiger partial charge on any atom is -0.456 e. The van der Waals surface area contributed by atoms with Gasteiger partial charge in [-0.2, -0.15) is 0 Å². The van der Waals surface area contributed by atoms with E-state index in [2.05, 4.69) is 216 Å². The van der Waals surface area contributed by atoms with Gasteiger partial charge < -0.3 is 13.9 Å². The Kier molecular flexibility index (Phi) is 7.82. The zero-order valence-corrected chi connectivity index (χ0v) is 31.1. The minimum absolute atomic E-state index is 0.871. The predicted octanol–water partition coefficient (Wildman–Crippen LogP) is 15.2. The Morgan fingerprint density at radius 2 is 0.807 bits per heavy atom. The third-order valence-corrected chi connectivity index (χ3v) is 11.2. The van der Waals surface area contributed by atoms with E-state index >= 15 is 0 Å². The van der Waals surface area contributed by atoms with Crippen LogP contribution >= 0.6 is 0 Å². The number of fused-ring (bicyclic) bond motifs is 6. The van der Waals surface area contributed by atoms with Crippen LogP contribution in [0.1, 0.15) is 0 Å². The molecule has 0 saturated heterocycles. The maximum Gasteiger partial charge on any atom is 0.137 e. The number of anilines is 3. The van der Waals surface area contributed by atoms with Crippen LogP contribution in [0.25, 0.3) is 82.8 Å². The lowest BCUT2D eigenvalue weighted by Gasteiger charge is -2.26. The van der Waals surface area contributed by atoms with Crippen molar-refractivity contribution in [1.82, 2.24) is 4.57 Å². The number of hydrogen-bond acceptors (Lipinski definition) is 2. The van der Waals surface area contributed by atoms with Gasteiger partial charge >= 0.3 is 0 Å². The average molecular weight is 729 g/mol. The first-order valence-electron chi connectivity index (χ1n) is 19.4. The molecule has 0 radical (unpaired) electrons. The molecular weight excluding hydrogens is 693 g/mol. The summed E-state index contributed by atoms with van der Waals surface area (Å²) < 4.78 is 8.75. The first-order chi connectivity index (χ1) is 28.3. The van der Waals surface area contributed by atoms with Crippen molar-refractivity contribution in [2.24, 2.45) is 0 Å². The number of aromatic nitrogens is 1. The smallest absolute Gasteiger partial charge is 0.137 e. The summed E-state index contributed by atoms with van der Waals surface area (Å²) in [6, 6.07) is 78.0. The minimum atomic E-state index is 0.871. The zero-order valence-electron chi connectivity index (χ0n) is 31.1. The molecule has 0 fully saturated rings. The molecule has 0 aliphatic rings. The van der Waals surface area contributed by atoms with Crippen LogP contribution in [0.3, 0.4) is 0 Å². The molecule has 268 valence electrons. The Morgan fingerprint density at radius 3 is 1.46 bits per heavy atom. The second-order valence-electron chi connectivity index (χ2n) is 14.5. The van der Waals surface area contributed by atoms with E-state index in [0.29, 0.717) is 0 Å². The highest BCUT2D eigenvalue weighted by Crippen LogP contribution is 2.44. The van der Waals surface area contributed by atoms with Crippen molar-refractivity contribution in [1.29, 1.82) is 0 Å². The molecule has 0 atom stereocenters. The highest BCUT2D eigenvalue weighted by molar-refractivity contribution is 6.13. The molecule has 0 bridgehead atoms. The van der Waals surface area contributed by atoms with Gasteiger partial charge in [0.1, 0.15) is 11.2 Å². The van der Waals surface area contributed by atoms with Crippen LogP contribution in [0.15, 0.2) is 223 Å². The largest absolute Gasteiger partial charge is 0.456 e. The van der Waals surface area contributed by atoms with Crippen LogP contribution in [0.4, 0.5) is 17.1 Å². The summed E-state index contributed by atoms with van der Waals surface area (Å²) in [7, 11) is 0. The monoisotopic (exact) mass is 728 g/mol. The Hall–Kier alpha value is -7.62. The van der Waals surface area contributed by atoms with Crippen molar-refractivity contribution in [3.05, 3.63) is 218 Å². The SMILES string of the molecule is c1ccc(-c2ccc(N(c3ccc(-c4ccc(-c5ccccc5-n5c6ccccc6c6ccccc65)cc4)cc3)c3cccc4oc5ccccc5c34)cc2)cc1. The van der Waals surface area contributed by atoms with E-state index in [1.54, 1.807) is 0 Å². The van der Waals surface area contributed by atoms with Crippen LogP contribution in [0, 0.1) is 0 Å². The van der Waals surface area contributed by atoms with Crippen LogP contribution in [-0.4, -0.2) is 4.57 Å². The Bertz CT molecular complexity index is 3160. The van der Waals surface area contributed by atoms with Gasteiger partial charge in [-0.05, 0) is 88.5 Å². The number of hydrogen-bond donors (Lipinski definition) is 0. The first kappa shape index (κ1) is 32.8. The molecule has 3 nitrogen and oxygen atoms in total. The summed E-state index contributed by atoms with van der Waals surface area (Å²) in [6.45, 7) is 0. The van der Waals surface area contributed by atoms with Gasteiger partial charge in [0, 0.05) is 33.1 Å². The lowest BCUT2D eigenvalue weighted by Crippen LogP contribution is -2.10. The molecule has 2 heterocycles. The molecule has 0 amide bonds. The average Bonchev–Trinajstić information content (AvgIpc) is 3.84. The van der Waals surface area contributed by atoms with Gasteiger partial charge in [0.15, 0.2) is 0 Å². The van der Waals surface area contributed by atoms with Crippen molar-refractivity contribution >= 4 is 60.8 Å². The van der Waals surface area contributed by atoms with E-state index in [4.69, 9.17) is 4.42 Å². The summed E-state index contributed by atoms with van der Waals surface area (Å²) in [6.07, 6.45) is 0. The van der Waals surface area contributed by atoms with E-state index < -0.39 is 0 Å². The molecule has 57 heavy (non-hydrogen) atoms. The fourth-order valence-corrected chi connectivity index (χ4v) is 8.54. The van der Waals surface area contributed by atoms with Crippen molar-refractivity contribution < 1.29 is 4.42 Å². The van der Waals surface area contributed by atoms with Crippen LogP contribution in [-0.2, 0) is 0 Å². The van der Waals surface area contributed by atoms with E-state index in [9.17, 15) is 0 Å². The summed E-state index contributed by atoms with van der Waals surface area (Å²) >= 11 is 0. The number of para-hydroxylation sites is 4. The third-order valence-electron chi connectivity index (χ3n) is 11.2. The molecule has 3 heteroatoms. The predicted molar refractivity (Wildman–Crippen MR) is 239 cm³/mol. The lowest BCUT2D eigenvalue weighted by molar-refractivity contribution is 0.669. The summed E-state index contributed by atoms with van der Waals surface area (Å²) in [5.41, 5.74) is 15.6. The lowest BCUT2D eigenvalue weighted by atomic mass is 9.98. The molecule has 0 unspecified atom stereocenters. The van der Waals surface area contributed by atoms with Gasteiger partial charge in [-0.3, -0.25) is 0 Å². The van der Waals surface area contributed by atoms with Crippen LogP contribution in [0.2, 0.25) is 0 Å². The van der Waals surface area contributed by atoms with Gasteiger partial charge in [0.05, 0.1) is 27.8 Å². The van der Waals surface area contributed by atoms with Gasteiger partial charge in [0.25, 0.3) is 0 Å². The molecule has 0 saturated carbocycles. The van der Waals surface area contributed by atoms with E-state index in [0.717, 1.165) is 44.6 Å².